The van der Waals surface area contributed by atoms with Crippen LogP contribution in [0.1, 0.15) is 41.0 Å². The monoisotopic (exact) mass is 431 g/mol. The van der Waals surface area contributed by atoms with E-state index in [2.05, 4.69) is 32.5 Å². The van der Waals surface area contributed by atoms with Crippen molar-refractivity contribution in [2.24, 2.45) is 0 Å². The van der Waals surface area contributed by atoms with Crippen LogP contribution < -0.4 is 5.32 Å². The van der Waals surface area contributed by atoms with Crippen LogP contribution in [0.3, 0.4) is 0 Å². The van der Waals surface area contributed by atoms with Gasteiger partial charge >= 0.3 is 0 Å². The third-order valence-corrected chi connectivity index (χ3v) is 6.10. The van der Waals surface area contributed by atoms with Crippen LogP contribution in [0.2, 0.25) is 0 Å². The fourth-order valence-corrected chi connectivity index (χ4v) is 4.17. The van der Waals surface area contributed by atoms with Gasteiger partial charge in [-0.25, -0.2) is 9.50 Å². The van der Waals surface area contributed by atoms with Crippen molar-refractivity contribution in [1.29, 1.82) is 0 Å². The van der Waals surface area contributed by atoms with E-state index in [1.54, 1.807) is 4.52 Å². The molecule has 7 heteroatoms. The number of rotatable bonds is 7. The lowest BCUT2D eigenvalue weighted by molar-refractivity contribution is -0.119. The Morgan fingerprint density at radius 2 is 1.71 bits per heavy atom. The molecule has 1 N–H and O–H groups in total. The maximum absolute atomic E-state index is 12.4. The van der Waals surface area contributed by atoms with E-state index in [-0.39, 0.29) is 17.7 Å². The molecule has 0 aliphatic rings. The summed E-state index contributed by atoms with van der Waals surface area (Å²) < 4.78 is 1.78. The summed E-state index contributed by atoms with van der Waals surface area (Å²) in [5, 5.41) is 8.16. The predicted molar refractivity (Wildman–Crippen MR) is 123 cm³/mol. The molecule has 31 heavy (non-hydrogen) atoms. The Balaban J connectivity index is 1.45. The molecule has 1 unspecified atom stereocenters. The van der Waals surface area contributed by atoms with Gasteiger partial charge in [-0.05, 0) is 37.5 Å². The summed E-state index contributed by atoms with van der Waals surface area (Å²) in [6.07, 6.45) is 0.795. The van der Waals surface area contributed by atoms with Crippen molar-refractivity contribution in [3.63, 3.8) is 0 Å². The van der Waals surface area contributed by atoms with E-state index in [1.165, 1.54) is 17.3 Å². The number of nitrogens with zero attached hydrogens (tertiary/aromatic N) is 4. The van der Waals surface area contributed by atoms with Gasteiger partial charge in [0, 0.05) is 17.8 Å². The Labute approximate surface area is 186 Å². The first-order valence-corrected chi connectivity index (χ1v) is 11.2. The van der Waals surface area contributed by atoms with Gasteiger partial charge in [-0.2, -0.15) is 4.98 Å². The number of amides is 1. The SMILES string of the molecule is Cc1nc2nc(SCC(=O)NC(C)c3ccccc3)nn2c(C)c1Cc1ccccc1. The minimum absolute atomic E-state index is 0.0459. The van der Waals surface area contributed by atoms with Gasteiger partial charge in [0.2, 0.25) is 11.1 Å². The average Bonchev–Trinajstić information content (AvgIpc) is 3.19. The van der Waals surface area contributed by atoms with Crippen LogP contribution in [-0.4, -0.2) is 31.2 Å². The second kappa shape index (κ2) is 9.31. The molecule has 158 valence electrons. The van der Waals surface area contributed by atoms with Gasteiger partial charge in [0.15, 0.2) is 0 Å². The summed E-state index contributed by atoms with van der Waals surface area (Å²) in [6, 6.07) is 20.2. The van der Waals surface area contributed by atoms with Gasteiger partial charge in [-0.3, -0.25) is 4.79 Å². The Kier molecular flexibility index (Phi) is 6.32. The highest BCUT2D eigenvalue weighted by molar-refractivity contribution is 7.99. The van der Waals surface area contributed by atoms with Crippen molar-refractivity contribution < 1.29 is 4.79 Å². The third kappa shape index (κ3) is 4.94. The second-order valence-corrected chi connectivity index (χ2v) is 8.46. The molecule has 0 radical (unpaired) electrons. The fraction of sp³-hybridized carbons (Fsp3) is 0.250. The Morgan fingerprint density at radius 3 is 2.42 bits per heavy atom. The highest BCUT2D eigenvalue weighted by atomic mass is 32.2. The zero-order chi connectivity index (χ0) is 21.8. The summed E-state index contributed by atoms with van der Waals surface area (Å²) in [5.41, 5.74) is 5.43. The summed E-state index contributed by atoms with van der Waals surface area (Å²) in [5.74, 6) is 0.765. The maximum Gasteiger partial charge on any atom is 0.253 e. The van der Waals surface area contributed by atoms with E-state index in [0.717, 1.165) is 28.9 Å². The molecule has 0 spiro atoms. The van der Waals surface area contributed by atoms with Gasteiger partial charge in [0.1, 0.15) is 0 Å². The number of carbonyl (C=O) groups excluding carboxylic acids is 1. The summed E-state index contributed by atoms with van der Waals surface area (Å²) in [4.78, 5) is 21.5. The lowest BCUT2D eigenvalue weighted by atomic mass is 10.0. The van der Waals surface area contributed by atoms with Crippen LogP contribution in [0.4, 0.5) is 0 Å². The summed E-state index contributed by atoms with van der Waals surface area (Å²) in [7, 11) is 0. The molecule has 1 atom stereocenters. The van der Waals surface area contributed by atoms with Crippen molar-refractivity contribution >= 4 is 23.4 Å². The number of aryl methyl sites for hydroxylation is 2. The van der Waals surface area contributed by atoms with E-state index < -0.39 is 0 Å². The van der Waals surface area contributed by atoms with Crippen LogP contribution in [0, 0.1) is 13.8 Å². The van der Waals surface area contributed by atoms with Crippen molar-refractivity contribution in [2.75, 3.05) is 5.75 Å². The van der Waals surface area contributed by atoms with Crippen molar-refractivity contribution in [3.8, 4) is 0 Å². The highest BCUT2D eigenvalue weighted by Gasteiger charge is 2.16. The van der Waals surface area contributed by atoms with Gasteiger partial charge < -0.3 is 5.32 Å². The highest BCUT2D eigenvalue weighted by Crippen LogP contribution is 2.21. The quantitative estimate of drug-likeness (QED) is 0.442. The van der Waals surface area contributed by atoms with Crippen LogP contribution in [0.25, 0.3) is 5.78 Å². The van der Waals surface area contributed by atoms with Gasteiger partial charge in [-0.1, -0.05) is 72.4 Å². The first kappa shape index (κ1) is 21.1. The standard InChI is InChI=1S/C24H25N5OS/c1-16(20-12-8-5-9-13-20)25-22(30)15-31-24-27-23-26-17(2)21(18(3)29(23)28-24)14-19-10-6-4-7-11-19/h4-13,16H,14-15H2,1-3H3,(H,25,30). The molecule has 0 bridgehead atoms. The van der Waals surface area contributed by atoms with Crippen molar-refractivity contribution in [1.82, 2.24) is 24.9 Å². The molecule has 2 aromatic heterocycles. The zero-order valence-corrected chi connectivity index (χ0v) is 18.7. The number of hydrogen-bond donors (Lipinski definition) is 1. The molecule has 0 saturated heterocycles. The molecule has 6 nitrogen and oxygen atoms in total. The maximum atomic E-state index is 12.4. The minimum Gasteiger partial charge on any atom is -0.349 e. The molecule has 4 rings (SSSR count). The van der Waals surface area contributed by atoms with Crippen LogP contribution >= 0.6 is 11.8 Å². The summed E-state index contributed by atoms with van der Waals surface area (Å²) >= 11 is 1.32. The van der Waals surface area contributed by atoms with Crippen molar-refractivity contribution in [2.45, 2.75) is 38.4 Å². The Hall–Kier alpha value is -3.19. The van der Waals surface area contributed by atoms with Crippen LogP contribution in [-0.2, 0) is 11.2 Å². The second-order valence-electron chi connectivity index (χ2n) is 7.52. The zero-order valence-electron chi connectivity index (χ0n) is 17.9. The molecule has 2 heterocycles. The molecule has 0 aliphatic heterocycles. The largest absolute Gasteiger partial charge is 0.349 e. The number of nitrogens with one attached hydrogen (secondary N) is 1. The fourth-order valence-electron chi connectivity index (χ4n) is 3.55. The van der Waals surface area contributed by atoms with Crippen LogP contribution in [0.15, 0.2) is 65.8 Å². The molecule has 0 saturated carbocycles. The van der Waals surface area contributed by atoms with E-state index in [0.29, 0.717) is 10.9 Å². The van der Waals surface area contributed by atoms with Gasteiger partial charge in [0.25, 0.3) is 5.78 Å². The average molecular weight is 432 g/mol. The van der Waals surface area contributed by atoms with E-state index in [4.69, 9.17) is 0 Å². The molecule has 4 aromatic rings. The minimum atomic E-state index is -0.0502. The number of fused-ring (bicyclic) bond motifs is 1. The first-order valence-electron chi connectivity index (χ1n) is 10.2. The molecule has 2 aromatic carbocycles. The lowest BCUT2D eigenvalue weighted by Crippen LogP contribution is -2.28. The van der Waals surface area contributed by atoms with Crippen LogP contribution in [0.5, 0.6) is 0 Å². The smallest absolute Gasteiger partial charge is 0.253 e. The Morgan fingerprint density at radius 1 is 1.03 bits per heavy atom. The summed E-state index contributed by atoms with van der Waals surface area (Å²) in [6.45, 7) is 6.02. The molecule has 0 aliphatic carbocycles. The predicted octanol–water partition coefficient (Wildman–Crippen LogP) is 4.30. The third-order valence-electron chi connectivity index (χ3n) is 5.26. The molecule has 1 amide bonds. The molecular weight excluding hydrogens is 406 g/mol. The number of carbonyl (C=O) groups is 1. The molecular formula is C24H25N5OS. The Bertz CT molecular complexity index is 1190. The van der Waals surface area contributed by atoms with Crippen molar-refractivity contribution in [3.05, 3.63) is 88.7 Å². The van der Waals surface area contributed by atoms with E-state index in [9.17, 15) is 4.79 Å². The topological polar surface area (TPSA) is 72.2 Å². The lowest BCUT2D eigenvalue weighted by Gasteiger charge is -2.13. The normalized spacial score (nSPS) is 12.1. The number of benzene rings is 2. The van der Waals surface area contributed by atoms with E-state index >= 15 is 0 Å². The van der Waals surface area contributed by atoms with E-state index in [1.807, 2.05) is 69.3 Å². The molecule has 0 fully saturated rings. The number of thioether (sulfide) groups is 1. The van der Waals surface area contributed by atoms with Gasteiger partial charge in [0.05, 0.1) is 11.8 Å². The van der Waals surface area contributed by atoms with Gasteiger partial charge in [-0.15, -0.1) is 5.10 Å². The number of hydrogen-bond acceptors (Lipinski definition) is 5. The number of aromatic nitrogens is 4. The first-order chi connectivity index (χ1) is 15.0.